The van der Waals surface area contributed by atoms with Crippen LogP contribution in [0.2, 0.25) is 5.02 Å². The molecule has 26 heavy (non-hydrogen) atoms. The average molecular weight is 373 g/mol. The van der Waals surface area contributed by atoms with Crippen LogP contribution in [0.15, 0.2) is 48.7 Å². The summed E-state index contributed by atoms with van der Waals surface area (Å²) in [4.78, 5) is 16.4. The van der Waals surface area contributed by atoms with Gasteiger partial charge in [0.25, 0.3) is 0 Å². The minimum atomic E-state index is -0.592. The van der Waals surface area contributed by atoms with E-state index in [1.165, 1.54) is 19.2 Å². The predicted molar refractivity (Wildman–Crippen MR) is 94.0 cm³/mol. The fourth-order valence-electron chi connectivity index (χ4n) is 2.93. The number of benzene rings is 2. The predicted octanol–water partition coefficient (Wildman–Crippen LogP) is 4.33. The molecule has 0 spiro atoms. The molecule has 0 unspecified atom stereocenters. The van der Waals surface area contributed by atoms with Gasteiger partial charge in [0.2, 0.25) is 0 Å². The lowest BCUT2D eigenvalue weighted by Gasteiger charge is -2.26. The molecule has 0 bridgehead atoms. The number of methoxy groups -OCH3 is 1. The highest BCUT2D eigenvalue weighted by atomic mass is 35.5. The van der Waals surface area contributed by atoms with Crippen LogP contribution >= 0.6 is 11.6 Å². The first-order valence-corrected chi connectivity index (χ1v) is 8.31. The third kappa shape index (κ3) is 2.93. The lowest BCUT2D eigenvalue weighted by molar-refractivity contribution is -0.142. The van der Waals surface area contributed by atoms with Gasteiger partial charge in [0.15, 0.2) is 11.9 Å². The van der Waals surface area contributed by atoms with Crippen molar-refractivity contribution in [3.63, 3.8) is 0 Å². The van der Waals surface area contributed by atoms with Gasteiger partial charge < -0.3 is 9.47 Å². The van der Waals surface area contributed by atoms with Crippen LogP contribution in [-0.4, -0.2) is 22.6 Å². The van der Waals surface area contributed by atoms with Crippen LogP contribution in [0, 0.1) is 5.82 Å². The molecule has 0 N–H and O–H groups in total. The van der Waals surface area contributed by atoms with Crippen molar-refractivity contribution in [3.8, 4) is 22.7 Å². The van der Waals surface area contributed by atoms with Gasteiger partial charge >= 0.3 is 5.97 Å². The highest BCUT2D eigenvalue weighted by Gasteiger charge is 2.31. The summed E-state index contributed by atoms with van der Waals surface area (Å²) in [6.07, 6.45) is 1.26. The van der Waals surface area contributed by atoms with E-state index in [0.717, 1.165) is 11.3 Å². The van der Waals surface area contributed by atoms with Gasteiger partial charge in [0.05, 0.1) is 24.9 Å². The number of hydrogen-bond donors (Lipinski definition) is 0. The third-order valence-corrected chi connectivity index (χ3v) is 4.43. The first-order chi connectivity index (χ1) is 12.5. The molecule has 7 heteroatoms. The van der Waals surface area contributed by atoms with Crippen molar-refractivity contribution in [1.82, 2.24) is 9.55 Å². The Hall–Kier alpha value is -2.86. The molecular formula is C19H14ClFN2O3. The van der Waals surface area contributed by atoms with Crippen LogP contribution in [0.25, 0.3) is 16.9 Å². The second-order valence-corrected chi connectivity index (χ2v) is 6.30. The Bertz CT molecular complexity index is 985. The number of rotatable bonds is 3. The molecule has 2 aromatic carbocycles. The maximum atomic E-state index is 13.2. The van der Waals surface area contributed by atoms with Crippen LogP contribution < -0.4 is 4.74 Å². The number of aromatic nitrogens is 2. The Morgan fingerprint density at radius 3 is 2.81 bits per heavy atom. The van der Waals surface area contributed by atoms with E-state index in [2.05, 4.69) is 4.98 Å². The fraction of sp³-hybridized carbons (Fsp3) is 0.158. The molecule has 4 rings (SSSR count). The Balaban J connectivity index is 1.83. The largest absolute Gasteiger partial charge is 0.480 e. The first kappa shape index (κ1) is 16.6. The highest BCUT2D eigenvalue weighted by Crippen LogP contribution is 2.39. The second-order valence-electron chi connectivity index (χ2n) is 5.86. The number of carbonyl (C=O) groups excluding carboxylic acids is 1. The van der Waals surface area contributed by atoms with Crippen molar-refractivity contribution >= 4 is 17.6 Å². The van der Waals surface area contributed by atoms with E-state index in [9.17, 15) is 9.18 Å². The quantitative estimate of drug-likeness (QED) is 0.642. The number of halogens is 2. The topological polar surface area (TPSA) is 53.4 Å². The number of fused-ring (bicyclic) bond motifs is 3. The van der Waals surface area contributed by atoms with Crippen molar-refractivity contribution in [2.24, 2.45) is 0 Å². The number of hydrogen-bond acceptors (Lipinski definition) is 4. The number of imidazole rings is 1. The molecule has 1 aliphatic rings. The van der Waals surface area contributed by atoms with Gasteiger partial charge in [0.1, 0.15) is 11.6 Å². The van der Waals surface area contributed by atoms with E-state index >= 15 is 0 Å². The van der Waals surface area contributed by atoms with Crippen LogP contribution in [0.3, 0.4) is 0 Å². The monoisotopic (exact) mass is 372 g/mol. The molecule has 0 saturated carbocycles. The van der Waals surface area contributed by atoms with Crippen LogP contribution in [0.5, 0.6) is 5.75 Å². The molecule has 1 atom stereocenters. The number of nitrogens with zero attached hydrogens (tertiary/aromatic N) is 2. The van der Waals surface area contributed by atoms with E-state index in [-0.39, 0.29) is 12.2 Å². The maximum absolute atomic E-state index is 13.2. The van der Waals surface area contributed by atoms with Crippen LogP contribution in [0.4, 0.5) is 4.39 Å². The lowest BCUT2D eigenvalue weighted by atomic mass is 10.1. The summed E-state index contributed by atoms with van der Waals surface area (Å²) in [5.41, 5.74) is 2.13. The molecule has 3 aromatic rings. The van der Waals surface area contributed by atoms with Crippen LogP contribution in [-0.2, 0) is 9.53 Å². The van der Waals surface area contributed by atoms with Crippen LogP contribution in [0.1, 0.15) is 18.3 Å². The summed E-state index contributed by atoms with van der Waals surface area (Å²) >= 11 is 6.12. The van der Waals surface area contributed by atoms with Gasteiger partial charge in [0, 0.05) is 16.8 Å². The molecule has 132 valence electrons. The molecule has 0 radical (unpaired) electrons. The fourth-order valence-corrected chi connectivity index (χ4v) is 3.09. The van der Waals surface area contributed by atoms with Crippen molar-refractivity contribution in [1.29, 1.82) is 0 Å². The van der Waals surface area contributed by atoms with E-state index in [1.807, 2.05) is 10.8 Å². The standard InChI is InChI=1S/C19H14ClFN2O3/c1-25-18(24)9-17-19-22-14(11-2-5-13(21)6-3-11)10-23(19)15-8-12(20)4-7-16(15)26-17/h2-8,10,17H,9H2,1H3/t17-/m1/s1. The van der Waals surface area contributed by atoms with Gasteiger partial charge in [-0.3, -0.25) is 9.36 Å². The molecular weight excluding hydrogens is 359 g/mol. The first-order valence-electron chi connectivity index (χ1n) is 7.94. The van der Waals surface area contributed by atoms with E-state index in [0.29, 0.717) is 22.3 Å². The van der Waals surface area contributed by atoms with Crippen molar-refractivity contribution in [2.45, 2.75) is 12.5 Å². The highest BCUT2D eigenvalue weighted by molar-refractivity contribution is 6.30. The maximum Gasteiger partial charge on any atom is 0.309 e. The van der Waals surface area contributed by atoms with Gasteiger partial charge in [-0.25, -0.2) is 9.37 Å². The molecule has 1 aliphatic heterocycles. The minimum absolute atomic E-state index is 0.0262. The average Bonchev–Trinajstić information content (AvgIpc) is 3.08. The molecule has 0 saturated heterocycles. The third-order valence-electron chi connectivity index (χ3n) is 4.19. The summed E-state index contributed by atoms with van der Waals surface area (Å²) in [7, 11) is 1.33. The van der Waals surface area contributed by atoms with Gasteiger partial charge in [-0.05, 0) is 42.5 Å². The van der Waals surface area contributed by atoms with E-state index in [4.69, 9.17) is 21.1 Å². The van der Waals surface area contributed by atoms with E-state index in [1.54, 1.807) is 30.3 Å². The van der Waals surface area contributed by atoms with Crippen molar-refractivity contribution in [2.75, 3.05) is 7.11 Å². The summed E-state index contributed by atoms with van der Waals surface area (Å²) in [5.74, 6) is 0.440. The van der Waals surface area contributed by atoms with E-state index < -0.39 is 12.1 Å². The second kappa shape index (κ2) is 6.46. The molecule has 5 nitrogen and oxygen atoms in total. The molecule has 0 fully saturated rings. The number of esters is 1. The van der Waals surface area contributed by atoms with Gasteiger partial charge in [-0.1, -0.05) is 11.6 Å². The lowest BCUT2D eigenvalue weighted by Crippen LogP contribution is -2.22. The summed E-state index contributed by atoms with van der Waals surface area (Å²) < 4.78 is 25.8. The SMILES string of the molecule is COC(=O)C[C@H]1Oc2ccc(Cl)cc2-n2cc(-c3ccc(F)cc3)nc21. The molecule has 0 amide bonds. The smallest absolute Gasteiger partial charge is 0.309 e. The van der Waals surface area contributed by atoms with Gasteiger partial charge in [-0.15, -0.1) is 0 Å². The Morgan fingerprint density at radius 1 is 1.31 bits per heavy atom. The number of ether oxygens (including phenoxy) is 2. The Morgan fingerprint density at radius 2 is 2.08 bits per heavy atom. The van der Waals surface area contributed by atoms with Gasteiger partial charge in [-0.2, -0.15) is 0 Å². The zero-order valence-electron chi connectivity index (χ0n) is 13.8. The minimum Gasteiger partial charge on any atom is -0.480 e. The molecule has 1 aromatic heterocycles. The number of carbonyl (C=O) groups is 1. The summed E-state index contributed by atoms with van der Waals surface area (Å²) in [5, 5.41) is 0.557. The zero-order valence-corrected chi connectivity index (χ0v) is 14.5. The van der Waals surface area contributed by atoms with Crippen molar-refractivity contribution < 1.29 is 18.7 Å². The molecule has 2 heterocycles. The Kier molecular flexibility index (Phi) is 4.12. The summed E-state index contributed by atoms with van der Waals surface area (Å²) in [6, 6.07) is 11.3. The normalized spacial score (nSPS) is 15.0. The Labute approximate surface area is 153 Å². The van der Waals surface area contributed by atoms with Crippen molar-refractivity contribution in [3.05, 3.63) is 65.3 Å². The summed E-state index contributed by atoms with van der Waals surface area (Å²) in [6.45, 7) is 0. The zero-order chi connectivity index (χ0) is 18.3. The molecule has 0 aliphatic carbocycles.